The third-order valence-corrected chi connectivity index (χ3v) is 3.49. The van der Waals surface area contributed by atoms with E-state index in [1.807, 2.05) is 0 Å². The van der Waals surface area contributed by atoms with Crippen LogP contribution in [-0.4, -0.2) is 34.9 Å². The topological polar surface area (TPSA) is 84.9 Å². The zero-order valence-electron chi connectivity index (χ0n) is 14.0. The maximum Gasteiger partial charge on any atom is 0.408 e. The number of carbonyl (C=O) groups excluding carboxylic acids is 1. The number of carboxylic acids is 1. The van der Waals surface area contributed by atoms with Gasteiger partial charge < -0.3 is 19.9 Å². The van der Waals surface area contributed by atoms with Gasteiger partial charge in [0.25, 0.3) is 0 Å². The van der Waals surface area contributed by atoms with Crippen LogP contribution in [0.15, 0.2) is 18.2 Å². The van der Waals surface area contributed by atoms with Gasteiger partial charge in [0.1, 0.15) is 17.4 Å². The van der Waals surface area contributed by atoms with E-state index in [0.717, 1.165) is 12.8 Å². The van der Waals surface area contributed by atoms with Gasteiger partial charge >= 0.3 is 12.1 Å². The maximum atomic E-state index is 11.8. The van der Waals surface area contributed by atoms with Crippen molar-refractivity contribution in [3.05, 3.63) is 28.8 Å². The Morgan fingerprint density at radius 2 is 2.04 bits per heavy atom. The molecule has 0 spiro atoms. The lowest BCUT2D eigenvalue weighted by Gasteiger charge is -2.22. The molecule has 0 aromatic heterocycles. The summed E-state index contributed by atoms with van der Waals surface area (Å²) in [6.45, 7) is 5.13. The van der Waals surface area contributed by atoms with Gasteiger partial charge in [0, 0.05) is 11.4 Å². The van der Waals surface area contributed by atoms with Crippen molar-refractivity contribution in [3.8, 4) is 5.75 Å². The van der Waals surface area contributed by atoms with Gasteiger partial charge in [-0.25, -0.2) is 9.59 Å². The molecule has 1 aliphatic carbocycles. The lowest BCUT2D eigenvalue weighted by atomic mass is 10.0. The van der Waals surface area contributed by atoms with Gasteiger partial charge in [-0.05, 0) is 57.4 Å². The second-order valence-electron chi connectivity index (χ2n) is 6.81. The number of halogens is 1. The molecule has 0 unspecified atom stereocenters. The van der Waals surface area contributed by atoms with Crippen LogP contribution in [0.1, 0.15) is 39.2 Å². The molecule has 24 heavy (non-hydrogen) atoms. The first-order valence-corrected chi connectivity index (χ1v) is 8.19. The number of hydrogen-bond acceptors (Lipinski definition) is 4. The summed E-state index contributed by atoms with van der Waals surface area (Å²) in [5.74, 6) is -0.558. The predicted octanol–water partition coefficient (Wildman–Crippen LogP) is 3.40. The molecule has 1 aromatic rings. The summed E-state index contributed by atoms with van der Waals surface area (Å²) in [5, 5.41) is 12.3. The van der Waals surface area contributed by atoms with Crippen molar-refractivity contribution in [3.63, 3.8) is 0 Å². The van der Waals surface area contributed by atoms with Gasteiger partial charge in [0.05, 0.1) is 6.10 Å². The van der Waals surface area contributed by atoms with Crippen LogP contribution in [0.2, 0.25) is 5.02 Å². The summed E-state index contributed by atoms with van der Waals surface area (Å²) < 4.78 is 10.9. The summed E-state index contributed by atoms with van der Waals surface area (Å²) in [5.41, 5.74) is -0.0680. The molecule has 6 nitrogen and oxygen atoms in total. The highest BCUT2D eigenvalue weighted by Gasteiger charge is 2.28. The fourth-order valence-electron chi connectivity index (χ4n) is 2.06. The molecule has 2 N–H and O–H groups in total. The van der Waals surface area contributed by atoms with Crippen LogP contribution in [0.25, 0.3) is 0 Å². The standard InChI is InChI=1S/C17H22ClNO5/c1-17(2,3)24-16(22)19-13(15(20)21)9-10-8-11(18)4-7-14(10)23-12-5-6-12/h4,7-8,12-13H,5-6,9H2,1-3H3,(H,19,22)(H,20,21)/t13-/m0/s1. The summed E-state index contributed by atoms with van der Waals surface area (Å²) in [6, 6.07) is 3.94. The maximum absolute atomic E-state index is 11.8. The van der Waals surface area contributed by atoms with Crippen molar-refractivity contribution in [2.45, 2.75) is 57.8 Å². The normalized spacial score (nSPS) is 15.5. The zero-order valence-corrected chi connectivity index (χ0v) is 14.7. The van der Waals surface area contributed by atoms with Gasteiger partial charge in [-0.15, -0.1) is 0 Å². The number of benzene rings is 1. The molecule has 132 valence electrons. The quantitative estimate of drug-likeness (QED) is 0.816. The molecule has 1 amide bonds. The van der Waals surface area contributed by atoms with E-state index in [2.05, 4.69) is 5.32 Å². The molecule has 0 radical (unpaired) electrons. The Hall–Kier alpha value is -1.95. The van der Waals surface area contributed by atoms with E-state index in [1.165, 1.54) is 0 Å². The number of carbonyl (C=O) groups is 2. The molecular formula is C17H22ClNO5. The van der Waals surface area contributed by atoms with E-state index in [0.29, 0.717) is 16.3 Å². The Labute approximate surface area is 146 Å². The van der Waals surface area contributed by atoms with Crippen molar-refractivity contribution < 1.29 is 24.2 Å². The highest BCUT2D eigenvalue weighted by Crippen LogP contribution is 2.31. The molecule has 0 aliphatic heterocycles. The summed E-state index contributed by atoms with van der Waals surface area (Å²) in [7, 11) is 0. The molecule has 1 aliphatic rings. The number of alkyl carbamates (subject to hydrolysis) is 1. The van der Waals surface area contributed by atoms with Gasteiger partial charge in [-0.3, -0.25) is 0 Å². The van der Waals surface area contributed by atoms with Crippen molar-refractivity contribution in [1.82, 2.24) is 5.32 Å². The number of hydrogen-bond donors (Lipinski definition) is 2. The fourth-order valence-corrected chi connectivity index (χ4v) is 2.25. The molecule has 0 saturated heterocycles. The first kappa shape index (κ1) is 18.4. The SMILES string of the molecule is CC(C)(C)OC(=O)N[C@@H](Cc1cc(Cl)ccc1OC1CC1)C(=O)O. The molecule has 2 rings (SSSR count). The summed E-state index contributed by atoms with van der Waals surface area (Å²) >= 11 is 6.01. The Kier molecular flexibility index (Phi) is 5.59. The second kappa shape index (κ2) is 7.30. The average Bonchev–Trinajstić information content (AvgIpc) is 3.22. The first-order valence-electron chi connectivity index (χ1n) is 7.81. The van der Waals surface area contributed by atoms with Crippen LogP contribution in [-0.2, 0) is 16.0 Å². The summed E-state index contributed by atoms with van der Waals surface area (Å²) in [4.78, 5) is 23.3. The van der Waals surface area contributed by atoms with Crippen molar-refractivity contribution in [1.29, 1.82) is 0 Å². The molecule has 1 fully saturated rings. The van der Waals surface area contributed by atoms with Crippen molar-refractivity contribution in [2.24, 2.45) is 0 Å². The van der Waals surface area contributed by atoms with Crippen molar-refractivity contribution >= 4 is 23.7 Å². The minimum atomic E-state index is -1.15. The number of amides is 1. The van der Waals surface area contributed by atoms with Crippen molar-refractivity contribution in [2.75, 3.05) is 0 Å². The third kappa shape index (κ3) is 5.92. The molecular weight excluding hydrogens is 334 g/mol. The van der Waals surface area contributed by atoms with Gasteiger partial charge in [0.15, 0.2) is 0 Å². The minimum absolute atomic E-state index is 0.0528. The molecule has 1 atom stereocenters. The fraction of sp³-hybridized carbons (Fsp3) is 0.529. The second-order valence-corrected chi connectivity index (χ2v) is 7.25. The third-order valence-electron chi connectivity index (χ3n) is 3.25. The van der Waals surface area contributed by atoms with Gasteiger partial charge in [-0.2, -0.15) is 0 Å². The smallest absolute Gasteiger partial charge is 0.408 e. The van der Waals surface area contributed by atoms with E-state index >= 15 is 0 Å². The number of carboxylic acid groups (broad SMARTS) is 1. The molecule has 1 aromatic carbocycles. The lowest BCUT2D eigenvalue weighted by Crippen LogP contribution is -2.44. The van der Waals surface area contributed by atoms with E-state index in [-0.39, 0.29) is 12.5 Å². The minimum Gasteiger partial charge on any atom is -0.490 e. The number of rotatable bonds is 6. The van der Waals surface area contributed by atoms with Gasteiger partial charge in [-0.1, -0.05) is 11.6 Å². The molecule has 0 heterocycles. The Morgan fingerprint density at radius 3 is 2.58 bits per heavy atom. The van der Waals surface area contributed by atoms with Crippen LogP contribution in [0.3, 0.4) is 0 Å². The van der Waals surface area contributed by atoms with Crippen LogP contribution in [0.4, 0.5) is 4.79 Å². The Morgan fingerprint density at radius 1 is 1.38 bits per heavy atom. The zero-order chi connectivity index (χ0) is 17.9. The van der Waals surface area contributed by atoms with Crippen LogP contribution >= 0.6 is 11.6 Å². The average molecular weight is 356 g/mol. The first-order chi connectivity index (χ1) is 11.1. The monoisotopic (exact) mass is 355 g/mol. The van der Waals surface area contributed by atoms with Gasteiger partial charge in [0.2, 0.25) is 0 Å². The van der Waals surface area contributed by atoms with Crippen LogP contribution < -0.4 is 10.1 Å². The Balaban J connectivity index is 2.10. The highest BCUT2D eigenvalue weighted by molar-refractivity contribution is 6.30. The predicted molar refractivity (Wildman–Crippen MR) is 89.6 cm³/mol. The largest absolute Gasteiger partial charge is 0.490 e. The van der Waals surface area contributed by atoms with Crippen LogP contribution in [0.5, 0.6) is 5.75 Å². The van der Waals surface area contributed by atoms with E-state index in [4.69, 9.17) is 21.1 Å². The molecule has 7 heteroatoms. The number of nitrogens with one attached hydrogen (secondary N) is 1. The lowest BCUT2D eigenvalue weighted by molar-refractivity contribution is -0.139. The van der Waals surface area contributed by atoms with E-state index in [1.54, 1.807) is 39.0 Å². The Bertz CT molecular complexity index is 622. The van der Waals surface area contributed by atoms with Crippen LogP contribution in [0, 0.1) is 0 Å². The summed E-state index contributed by atoms with van der Waals surface area (Å²) in [6.07, 6.45) is 1.42. The molecule has 0 bridgehead atoms. The number of ether oxygens (including phenoxy) is 2. The highest BCUT2D eigenvalue weighted by atomic mass is 35.5. The molecule has 1 saturated carbocycles. The van der Waals surface area contributed by atoms with E-state index < -0.39 is 23.7 Å². The number of aliphatic carboxylic acids is 1. The van der Waals surface area contributed by atoms with E-state index in [9.17, 15) is 14.7 Å².